The number of alkyl carbamates (subject to hydrolysis) is 1. The summed E-state index contributed by atoms with van der Waals surface area (Å²) in [4.78, 5) is 52.0. The molecule has 6 atom stereocenters. The Hall–Kier alpha value is -3.14. The molecule has 0 aromatic heterocycles. The number of aryl methyl sites for hydroxylation is 1. The van der Waals surface area contributed by atoms with E-state index in [2.05, 4.69) is 17.6 Å². The van der Waals surface area contributed by atoms with E-state index in [1.54, 1.807) is 4.90 Å². The Labute approximate surface area is 263 Å². The number of unbranched alkanes of at least 4 members (excludes halogenated alkanes) is 1. The molecule has 0 unspecified atom stereocenters. The zero-order valence-electron chi connectivity index (χ0n) is 27.5. The number of nitrogens with zero attached hydrogens (tertiary/aromatic N) is 1. The van der Waals surface area contributed by atoms with Crippen molar-refractivity contribution in [2.45, 2.75) is 123 Å². The lowest BCUT2D eigenvalue weighted by Crippen LogP contribution is -2.54. The van der Waals surface area contributed by atoms with Crippen molar-refractivity contribution < 1.29 is 28.7 Å². The maximum atomic E-state index is 13.6. The summed E-state index contributed by atoms with van der Waals surface area (Å²) in [6.45, 7) is 13.0. The Balaban J connectivity index is 1.51. The van der Waals surface area contributed by atoms with Gasteiger partial charge in [-0.1, -0.05) is 51.0 Å². The highest BCUT2D eigenvalue weighted by molar-refractivity contribution is 5.90. The van der Waals surface area contributed by atoms with Crippen LogP contribution in [0.5, 0.6) is 0 Å². The van der Waals surface area contributed by atoms with Crippen LogP contribution in [0.3, 0.4) is 0 Å². The zero-order chi connectivity index (χ0) is 32.4. The van der Waals surface area contributed by atoms with Crippen LogP contribution in [0.25, 0.3) is 0 Å². The molecule has 1 aromatic rings. The Morgan fingerprint density at radius 2 is 1.73 bits per heavy atom. The van der Waals surface area contributed by atoms with Crippen LogP contribution < -0.4 is 16.4 Å². The average molecular weight is 615 g/mol. The minimum atomic E-state index is -0.517. The predicted molar refractivity (Wildman–Crippen MR) is 169 cm³/mol. The topological polar surface area (TPSA) is 140 Å². The third-order valence-corrected chi connectivity index (χ3v) is 8.56. The number of nitrogens with one attached hydrogen (secondary N) is 2. The van der Waals surface area contributed by atoms with Crippen molar-refractivity contribution in [2.75, 3.05) is 13.1 Å². The average Bonchev–Trinajstić information content (AvgIpc) is 3.62. The maximum Gasteiger partial charge on any atom is 0.407 e. The molecule has 1 aromatic carbocycles. The second-order valence-corrected chi connectivity index (χ2v) is 13.6. The molecule has 44 heavy (non-hydrogen) atoms. The first kappa shape index (κ1) is 35.3. The molecule has 10 heteroatoms. The summed E-state index contributed by atoms with van der Waals surface area (Å²) in [7, 11) is 0. The van der Waals surface area contributed by atoms with Gasteiger partial charge in [-0.3, -0.25) is 14.4 Å². The standard InChI is InChI=1S/C34H54N4O6/c1-7-8-10-22(2)32(41)38-20-26-19-27(26)30(38)31(40)37-28(16-17-29(35)39)23(3)43-21-25-14-12-24(13-15-25)11-9-18-36-33(42)44-34(4,5)6/h12-15,22-23,26-28,30H,7-11,16-21H2,1-6H3,(H2,35,39)(H,36,42)(H,37,40)/t22-,23+,26+,27+,28-,30-/m0/s1. The fourth-order valence-electron chi connectivity index (χ4n) is 5.88. The largest absolute Gasteiger partial charge is 0.444 e. The van der Waals surface area contributed by atoms with Crippen LogP contribution in [0, 0.1) is 17.8 Å². The Morgan fingerprint density at radius 3 is 2.36 bits per heavy atom. The predicted octanol–water partition coefficient (Wildman–Crippen LogP) is 4.47. The van der Waals surface area contributed by atoms with E-state index in [9.17, 15) is 19.2 Å². The van der Waals surface area contributed by atoms with E-state index < -0.39 is 29.7 Å². The van der Waals surface area contributed by atoms with Gasteiger partial charge in [-0.2, -0.15) is 0 Å². The van der Waals surface area contributed by atoms with Gasteiger partial charge in [0.25, 0.3) is 0 Å². The molecule has 0 spiro atoms. The summed E-state index contributed by atoms with van der Waals surface area (Å²) >= 11 is 0. The molecule has 1 aliphatic carbocycles. The number of likely N-dealkylation sites (tertiary alicyclic amines) is 1. The first-order valence-corrected chi connectivity index (χ1v) is 16.3. The summed E-state index contributed by atoms with van der Waals surface area (Å²) in [5, 5.41) is 5.91. The number of amides is 4. The number of piperidine rings is 1. The smallest absolute Gasteiger partial charge is 0.407 e. The molecule has 2 fully saturated rings. The fraction of sp³-hybridized carbons (Fsp3) is 0.706. The van der Waals surface area contributed by atoms with Gasteiger partial charge >= 0.3 is 6.09 Å². The minimum Gasteiger partial charge on any atom is -0.444 e. The van der Waals surface area contributed by atoms with Gasteiger partial charge in [-0.25, -0.2) is 4.79 Å². The van der Waals surface area contributed by atoms with Gasteiger partial charge in [0, 0.05) is 25.4 Å². The number of fused-ring (bicyclic) bond motifs is 1. The molecule has 246 valence electrons. The molecule has 1 aliphatic heterocycles. The van der Waals surface area contributed by atoms with Gasteiger partial charge < -0.3 is 30.7 Å². The summed E-state index contributed by atoms with van der Waals surface area (Å²) < 4.78 is 11.4. The van der Waals surface area contributed by atoms with Crippen molar-refractivity contribution in [3.63, 3.8) is 0 Å². The van der Waals surface area contributed by atoms with Crippen molar-refractivity contribution in [3.05, 3.63) is 35.4 Å². The fourth-order valence-corrected chi connectivity index (χ4v) is 5.88. The highest BCUT2D eigenvalue weighted by Crippen LogP contribution is 2.50. The quantitative estimate of drug-likeness (QED) is 0.221. The van der Waals surface area contributed by atoms with Crippen LogP contribution in [0.2, 0.25) is 0 Å². The van der Waals surface area contributed by atoms with Gasteiger partial charge in [-0.15, -0.1) is 0 Å². The number of rotatable bonds is 17. The summed E-state index contributed by atoms with van der Waals surface area (Å²) in [5.74, 6) is -0.0334. The number of nitrogens with two attached hydrogens (primary N) is 1. The van der Waals surface area contributed by atoms with Crippen LogP contribution in [0.1, 0.15) is 97.6 Å². The van der Waals surface area contributed by atoms with Gasteiger partial charge in [0.1, 0.15) is 11.6 Å². The minimum absolute atomic E-state index is 0.0616. The zero-order valence-corrected chi connectivity index (χ0v) is 27.5. The van der Waals surface area contributed by atoms with Crippen LogP contribution in [0.4, 0.5) is 4.79 Å². The molecule has 0 radical (unpaired) electrons. The highest BCUT2D eigenvalue weighted by Gasteiger charge is 2.57. The molecule has 2 aliphatic rings. The van der Waals surface area contributed by atoms with E-state index in [4.69, 9.17) is 15.2 Å². The molecule has 1 saturated carbocycles. The SMILES string of the molecule is CCCC[C@H](C)C(=O)N1C[C@H]2C[C@H]2[C@H]1C(=O)N[C@@H](CCC(N)=O)[C@@H](C)OCc1ccc(CCCNC(=O)OC(C)(C)C)cc1. The monoisotopic (exact) mass is 614 g/mol. The Bertz CT molecular complexity index is 1120. The number of hydrogen-bond donors (Lipinski definition) is 3. The first-order chi connectivity index (χ1) is 20.8. The first-order valence-electron chi connectivity index (χ1n) is 16.3. The number of ether oxygens (including phenoxy) is 2. The highest BCUT2D eigenvalue weighted by atomic mass is 16.6. The molecular weight excluding hydrogens is 560 g/mol. The normalized spacial score (nSPS) is 21.1. The molecule has 1 saturated heterocycles. The van der Waals surface area contributed by atoms with E-state index in [1.165, 1.54) is 0 Å². The summed E-state index contributed by atoms with van der Waals surface area (Å²) in [6.07, 6.45) is 5.13. The van der Waals surface area contributed by atoms with Gasteiger partial charge in [0.15, 0.2) is 0 Å². The Kier molecular flexibility index (Phi) is 13.1. The van der Waals surface area contributed by atoms with Crippen molar-refractivity contribution in [3.8, 4) is 0 Å². The van der Waals surface area contributed by atoms with Crippen LogP contribution >= 0.6 is 0 Å². The third-order valence-electron chi connectivity index (χ3n) is 8.56. The summed E-state index contributed by atoms with van der Waals surface area (Å²) in [6, 6.07) is 7.22. The van der Waals surface area contributed by atoms with E-state index >= 15 is 0 Å². The van der Waals surface area contributed by atoms with Crippen molar-refractivity contribution >= 4 is 23.8 Å². The van der Waals surface area contributed by atoms with Gasteiger partial charge in [0.05, 0.1) is 18.8 Å². The van der Waals surface area contributed by atoms with Gasteiger partial charge in [-0.05, 0) is 82.8 Å². The molecule has 3 rings (SSSR count). The van der Waals surface area contributed by atoms with Crippen LogP contribution in [-0.4, -0.2) is 65.6 Å². The molecular formula is C34H54N4O6. The number of carbonyl (C=O) groups is 4. The second-order valence-electron chi connectivity index (χ2n) is 13.6. The lowest BCUT2D eigenvalue weighted by Gasteiger charge is -2.32. The molecule has 4 N–H and O–H groups in total. The van der Waals surface area contributed by atoms with Crippen molar-refractivity contribution in [1.82, 2.24) is 15.5 Å². The van der Waals surface area contributed by atoms with Gasteiger partial charge in [0.2, 0.25) is 17.7 Å². The molecule has 1 heterocycles. The molecule has 4 amide bonds. The lowest BCUT2D eigenvalue weighted by molar-refractivity contribution is -0.143. The number of benzene rings is 1. The molecule has 0 bridgehead atoms. The maximum absolute atomic E-state index is 13.6. The van der Waals surface area contributed by atoms with Crippen LogP contribution in [-0.2, 0) is 36.9 Å². The third kappa shape index (κ3) is 11.1. The number of carbonyl (C=O) groups excluding carboxylic acids is 4. The van der Waals surface area contributed by atoms with Crippen molar-refractivity contribution in [1.29, 1.82) is 0 Å². The number of primary amides is 1. The van der Waals surface area contributed by atoms with Crippen molar-refractivity contribution in [2.24, 2.45) is 23.5 Å². The molecule has 10 nitrogen and oxygen atoms in total. The Morgan fingerprint density at radius 1 is 1.05 bits per heavy atom. The van der Waals surface area contributed by atoms with Crippen LogP contribution in [0.15, 0.2) is 24.3 Å². The summed E-state index contributed by atoms with van der Waals surface area (Å²) in [5.41, 5.74) is 7.07. The van der Waals surface area contributed by atoms with E-state index in [1.807, 2.05) is 58.9 Å². The number of hydrogen-bond acceptors (Lipinski definition) is 6. The second kappa shape index (κ2) is 16.3. The van der Waals surface area contributed by atoms with E-state index in [0.29, 0.717) is 32.0 Å². The van der Waals surface area contributed by atoms with E-state index in [0.717, 1.165) is 49.7 Å². The van der Waals surface area contributed by atoms with E-state index in [-0.39, 0.29) is 36.2 Å². The lowest BCUT2D eigenvalue weighted by atomic mass is 10.0.